The topological polar surface area (TPSA) is 120 Å². The van der Waals surface area contributed by atoms with Crippen molar-refractivity contribution in [3.8, 4) is 5.75 Å². The Bertz CT molecular complexity index is 1250. The molecule has 0 radical (unpaired) electrons. The number of benzene rings is 1. The third-order valence-electron chi connectivity index (χ3n) is 6.02. The molecule has 1 saturated carbocycles. The van der Waals surface area contributed by atoms with E-state index in [1.165, 1.54) is 0 Å². The van der Waals surface area contributed by atoms with Crippen LogP contribution in [0.5, 0.6) is 5.75 Å². The number of pyridine rings is 2. The van der Waals surface area contributed by atoms with Crippen molar-refractivity contribution in [1.29, 1.82) is 0 Å². The number of aromatic hydroxyl groups is 1. The van der Waals surface area contributed by atoms with Crippen LogP contribution in [0.3, 0.4) is 0 Å². The molecule has 1 fully saturated rings. The third kappa shape index (κ3) is 3.38. The maximum Gasteiger partial charge on any atom is 0.266 e. The zero-order chi connectivity index (χ0) is 21.6. The molecule has 0 saturated heterocycles. The third-order valence-corrected chi connectivity index (χ3v) is 7.40. The van der Waals surface area contributed by atoms with Crippen molar-refractivity contribution in [1.82, 2.24) is 9.55 Å². The van der Waals surface area contributed by atoms with Crippen LogP contribution in [0, 0.1) is 0 Å². The molecule has 162 valence electrons. The lowest BCUT2D eigenvalue weighted by Crippen LogP contribution is -2.34. The van der Waals surface area contributed by atoms with Gasteiger partial charge in [-0.25, -0.2) is 0 Å². The van der Waals surface area contributed by atoms with E-state index in [-0.39, 0.29) is 28.1 Å². The summed E-state index contributed by atoms with van der Waals surface area (Å²) in [6, 6.07) is 10.2. The number of hydrogen-bond donors (Lipinski definition) is 4. The van der Waals surface area contributed by atoms with Gasteiger partial charge in [0.2, 0.25) is 0 Å². The van der Waals surface area contributed by atoms with Gasteiger partial charge in [-0.1, -0.05) is 48.6 Å². The predicted molar refractivity (Wildman–Crippen MR) is 122 cm³/mol. The summed E-state index contributed by atoms with van der Waals surface area (Å²) in [5, 5.41) is 14.0. The molecule has 3 aromatic rings. The van der Waals surface area contributed by atoms with Gasteiger partial charge in [-0.15, -0.1) is 4.40 Å². The summed E-state index contributed by atoms with van der Waals surface area (Å²) in [5.41, 5.74) is 0.800. The zero-order valence-electron chi connectivity index (χ0n) is 16.9. The Labute approximate surface area is 180 Å². The largest absolute Gasteiger partial charge is 0.505 e. The van der Waals surface area contributed by atoms with Crippen LogP contribution >= 0.6 is 10.8 Å². The molecule has 2 aliphatic rings. The highest BCUT2D eigenvalue weighted by Crippen LogP contribution is 2.55. The molecule has 31 heavy (non-hydrogen) atoms. The number of rotatable bonds is 2. The van der Waals surface area contributed by atoms with Gasteiger partial charge in [0.05, 0.1) is 11.2 Å². The van der Waals surface area contributed by atoms with Crippen LogP contribution in [0.4, 0.5) is 5.69 Å². The molecule has 0 amide bonds. The van der Waals surface area contributed by atoms with E-state index in [1.54, 1.807) is 47.2 Å². The minimum atomic E-state index is -3.52. The Morgan fingerprint density at radius 1 is 1.03 bits per heavy atom. The summed E-state index contributed by atoms with van der Waals surface area (Å²) in [7, 11) is -3.52. The molecule has 3 heterocycles. The SMILES string of the molecule is O=c1c(C2=NS(O)(O)c3ccccc3N2)c(O)c2ncccc2n1C1CCCCCC1. The average Bonchev–Trinajstić information content (AvgIpc) is 3.03. The quantitative estimate of drug-likeness (QED) is 0.421. The fourth-order valence-electron chi connectivity index (χ4n) is 4.56. The summed E-state index contributed by atoms with van der Waals surface area (Å²) in [6.07, 6.45) is 7.63. The molecule has 5 rings (SSSR count). The fraction of sp³-hybridized carbons (Fsp3) is 0.318. The maximum atomic E-state index is 13.7. The van der Waals surface area contributed by atoms with Crippen molar-refractivity contribution in [3.63, 3.8) is 0 Å². The van der Waals surface area contributed by atoms with Crippen LogP contribution in [0.2, 0.25) is 0 Å². The first-order valence-corrected chi connectivity index (χ1v) is 11.9. The number of fused-ring (bicyclic) bond motifs is 2. The van der Waals surface area contributed by atoms with E-state index in [9.17, 15) is 19.0 Å². The second-order valence-corrected chi connectivity index (χ2v) is 9.66. The molecule has 1 aromatic carbocycles. The number of para-hydroxylation sites is 1. The number of nitrogens with zero attached hydrogens (tertiary/aromatic N) is 3. The van der Waals surface area contributed by atoms with Crippen molar-refractivity contribution in [2.75, 3.05) is 5.32 Å². The molecule has 0 atom stereocenters. The van der Waals surface area contributed by atoms with Gasteiger partial charge in [0.15, 0.2) is 11.6 Å². The molecule has 8 nitrogen and oxygen atoms in total. The number of anilines is 1. The lowest BCUT2D eigenvalue weighted by molar-refractivity contribution is 0.436. The van der Waals surface area contributed by atoms with Crippen LogP contribution in [-0.4, -0.2) is 29.6 Å². The van der Waals surface area contributed by atoms with Crippen LogP contribution in [-0.2, 0) is 0 Å². The van der Waals surface area contributed by atoms with Gasteiger partial charge in [-0.05, 0) is 37.1 Å². The van der Waals surface area contributed by atoms with Crippen LogP contribution in [0.25, 0.3) is 11.0 Å². The average molecular weight is 441 g/mol. The van der Waals surface area contributed by atoms with E-state index >= 15 is 0 Å². The number of hydrogen-bond acceptors (Lipinski definition) is 7. The van der Waals surface area contributed by atoms with Crippen LogP contribution in [0.1, 0.15) is 50.1 Å². The van der Waals surface area contributed by atoms with Gasteiger partial charge < -0.3 is 15.0 Å². The molecule has 2 aromatic heterocycles. The molecular formula is C22H24N4O4S. The highest BCUT2D eigenvalue weighted by molar-refractivity contribution is 8.23. The zero-order valence-corrected chi connectivity index (χ0v) is 17.7. The van der Waals surface area contributed by atoms with E-state index in [4.69, 9.17) is 0 Å². The minimum Gasteiger partial charge on any atom is -0.505 e. The molecule has 1 aliphatic heterocycles. The van der Waals surface area contributed by atoms with Crippen molar-refractivity contribution in [3.05, 3.63) is 58.5 Å². The normalized spacial score (nSPS) is 19.7. The van der Waals surface area contributed by atoms with Gasteiger partial charge in [-0.2, -0.15) is 0 Å². The molecule has 9 heteroatoms. The van der Waals surface area contributed by atoms with Crippen molar-refractivity contribution in [2.45, 2.75) is 49.5 Å². The Hall–Kier alpha value is -2.88. The summed E-state index contributed by atoms with van der Waals surface area (Å²) in [5.74, 6) is -0.373. The van der Waals surface area contributed by atoms with Crippen LogP contribution < -0.4 is 10.9 Å². The van der Waals surface area contributed by atoms with Gasteiger partial charge >= 0.3 is 0 Å². The summed E-state index contributed by atoms with van der Waals surface area (Å²) in [6.45, 7) is 0. The highest BCUT2D eigenvalue weighted by atomic mass is 32.3. The van der Waals surface area contributed by atoms with E-state index in [1.807, 2.05) is 0 Å². The Morgan fingerprint density at radius 2 is 1.77 bits per heavy atom. The van der Waals surface area contributed by atoms with E-state index in [0.29, 0.717) is 16.7 Å². The first-order chi connectivity index (χ1) is 15.0. The van der Waals surface area contributed by atoms with E-state index < -0.39 is 16.3 Å². The first kappa shape index (κ1) is 20.0. The molecule has 0 unspecified atom stereocenters. The molecule has 0 spiro atoms. The summed E-state index contributed by atoms with van der Waals surface area (Å²) in [4.78, 5) is 18.3. The monoisotopic (exact) mass is 440 g/mol. The van der Waals surface area contributed by atoms with Crippen molar-refractivity contribution in [2.24, 2.45) is 4.40 Å². The fourth-order valence-corrected chi connectivity index (χ4v) is 5.72. The van der Waals surface area contributed by atoms with Gasteiger partial charge in [0, 0.05) is 12.2 Å². The van der Waals surface area contributed by atoms with Gasteiger partial charge in [-0.3, -0.25) is 18.9 Å². The highest BCUT2D eigenvalue weighted by Gasteiger charge is 2.31. The van der Waals surface area contributed by atoms with Crippen LogP contribution in [0.15, 0.2) is 56.7 Å². The number of nitrogens with one attached hydrogen (secondary N) is 1. The Balaban J connectivity index is 1.75. The lowest BCUT2D eigenvalue weighted by Gasteiger charge is -2.34. The smallest absolute Gasteiger partial charge is 0.266 e. The lowest BCUT2D eigenvalue weighted by atomic mass is 10.1. The number of amidine groups is 1. The minimum absolute atomic E-state index is 0.0158. The van der Waals surface area contributed by atoms with E-state index in [0.717, 1.165) is 38.5 Å². The number of aromatic nitrogens is 2. The second kappa shape index (κ2) is 7.67. The first-order valence-electron chi connectivity index (χ1n) is 10.4. The summed E-state index contributed by atoms with van der Waals surface area (Å²) >= 11 is 0. The Kier molecular flexibility index (Phi) is 4.96. The van der Waals surface area contributed by atoms with Crippen molar-refractivity contribution >= 4 is 33.3 Å². The summed E-state index contributed by atoms with van der Waals surface area (Å²) < 4.78 is 27.0. The molecule has 1 aliphatic carbocycles. The maximum absolute atomic E-state index is 13.7. The van der Waals surface area contributed by atoms with Gasteiger partial charge in [0.1, 0.15) is 16.0 Å². The second-order valence-electron chi connectivity index (χ2n) is 8.00. The molecular weight excluding hydrogens is 416 g/mol. The van der Waals surface area contributed by atoms with Gasteiger partial charge in [0.25, 0.3) is 5.56 Å². The molecule has 4 N–H and O–H groups in total. The van der Waals surface area contributed by atoms with Crippen molar-refractivity contribution < 1.29 is 14.2 Å². The van der Waals surface area contributed by atoms with E-state index in [2.05, 4.69) is 14.7 Å². The Morgan fingerprint density at radius 3 is 2.55 bits per heavy atom. The predicted octanol–water partition coefficient (Wildman–Crippen LogP) is 4.89. The molecule has 0 bridgehead atoms. The standard InChI is InChI=1S/C22H24N4O4S/c27-20-18(21-24-15-10-5-6-12-17(15)31(29,30)25-21)22(28)26(14-8-3-1-2-4-9-14)16-11-7-13-23-19(16)20/h5-7,10-14,27,29-30H,1-4,8-9H2,(H,24,25).